The topological polar surface area (TPSA) is 97.9 Å². The predicted molar refractivity (Wildman–Crippen MR) is 217 cm³/mol. The van der Waals surface area contributed by atoms with Gasteiger partial charge < -0.3 is 28.7 Å². The highest BCUT2D eigenvalue weighted by Gasteiger charge is 2.43. The zero-order chi connectivity index (χ0) is 41.6. The molecule has 0 bridgehead atoms. The van der Waals surface area contributed by atoms with Crippen molar-refractivity contribution in [1.82, 2.24) is 14.7 Å². The van der Waals surface area contributed by atoms with Crippen molar-refractivity contribution in [2.75, 3.05) is 73.7 Å². The van der Waals surface area contributed by atoms with E-state index in [-0.39, 0.29) is 17.8 Å². The second-order valence-electron chi connectivity index (χ2n) is 14.9. The van der Waals surface area contributed by atoms with E-state index in [4.69, 9.17) is 18.9 Å². The maximum Gasteiger partial charge on any atom is 0.320 e. The number of hydrogen-bond acceptors (Lipinski definition) is 8. The second-order valence-corrected chi connectivity index (χ2v) is 14.9. The Morgan fingerprint density at radius 3 is 1.89 bits per heavy atom. The molecule has 2 aliphatic rings. The van der Waals surface area contributed by atoms with Crippen molar-refractivity contribution in [2.24, 2.45) is 0 Å². The number of esters is 1. The third-order valence-electron chi connectivity index (χ3n) is 11.2. The maximum atomic E-state index is 13.9. The van der Waals surface area contributed by atoms with Crippen LogP contribution in [-0.2, 0) is 25.2 Å². The van der Waals surface area contributed by atoms with Crippen LogP contribution in [0.4, 0.5) is 8.78 Å². The fourth-order valence-electron chi connectivity index (χ4n) is 8.48. The quantitative estimate of drug-likeness (QED) is 0.136. The van der Waals surface area contributed by atoms with Gasteiger partial charge in [-0.3, -0.25) is 19.3 Å². The van der Waals surface area contributed by atoms with E-state index in [9.17, 15) is 23.2 Å². The lowest BCUT2D eigenvalue weighted by Crippen LogP contribution is -2.55. The Morgan fingerprint density at radius 2 is 1.37 bits per heavy atom. The zero-order valence-electron chi connectivity index (χ0n) is 34.8. The van der Waals surface area contributed by atoms with E-state index in [1.165, 1.54) is 27.4 Å². The Morgan fingerprint density at radius 1 is 0.737 bits per heavy atom. The van der Waals surface area contributed by atoms with E-state index >= 15 is 0 Å². The molecular weight excluding hydrogens is 733 g/mol. The lowest BCUT2D eigenvalue weighted by Gasteiger charge is -2.41. The maximum absolute atomic E-state index is 13.9. The van der Waals surface area contributed by atoms with Crippen molar-refractivity contribution in [3.05, 3.63) is 89.0 Å². The summed E-state index contributed by atoms with van der Waals surface area (Å²) < 4.78 is 48.4. The molecule has 1 unspecified atom stereocenters. The van der Waals surface area contributed by atoms with Crippen LogP contribution >= 0.6 is 0 Å². The molecule has 0 aromatic heterocycles. The lowest BCUT2D eigenvalue weighted by atomic mass is 9.72. The number of likely N-dealkylation sites (tertiary alicyclic amines) is 1. The number of rotatable bonds is 16. The Hall–Kier alpha value is -4.71. The minimum atomic E-state index is -0.867. The summed E-state index contributed by atoms with van der Waals surface area (Å²) in [6, 6.07) is 17.6. The standard InChI is InChI=1S/C23H27F2NO4.C22H34N2O3/c1-5-8-23(16-6-7-17(24)18(25)13-16)9-10-26(14-23)22(27)15-11-19(28-2)21(30-4)20(12-15)29-3;1-4-12-22(13-5-2,19-10-8-7-9-11-19)21(26)24-16-14-23(15-17-24)18-20(25)27-6-3/h6-7,11-13H,5,8-10,14H2,1-4H3;7-11H,4-6,12-18H2,1-3H3. The zero-order valence-corrected chi connectivity index (χ0v) is 34.8. The molecule has 0 radical (unpaired) electrons. The van der Waals surface area contributed by atoms with Gasteiger partial charge in [0.1, 0.15) is 0 Å². The molecule has 3 aromatic rings. The fraction of sp³-hybridized carbons (Fsp3) is 0.533. The Bertz CT molecular complexity index is 1750. The fourth-order valence-corrected chi connectivity index (χ4v) is 8.48. The number of piperazine rings is 1. The molecule has 2 saturated heterocycles. The first-order valence-corrected chi connectivity index (χ1v) is 20.2. The summed E-state index contributed by atoms with van der Waals surface area (Å²) in [7, 11) is 4.50. The number of benzene rings is 3. The molecule has 312 valence electrons. The molecule has 1 atom stereocenters. The molecule has 5 rings (SSSR count). The highest BCUT2D eigenvalue weighted by molar-refractivity contribution is 5.96. The van der Waals surface area contributed by atoms with E-state index < -0.39 is 22.5 Å². The molecule has 0 spiro atoms. The second kappa shape index (κ2) is 21.2. The molecular formula is C45H61F2N3O7. The number of amides is 2. The number of halogens is 2. The molecule has 12 heteroatoms. The normalized spacial score (nSPS) is 17.1. The number of nitrogens with zero attached hydrogens (tertiary/aromatic N) is 3. The van der Waals surface area contributed by atoms with Crippen LogP contribution in [0.2, 0.25) is 0 Å². The lowest BCUT2D eigenvalue weighted by molar-refractivity contribution is -0.145. The molecule has 2 fully saturated rings. The smallest absolute Gasteiger partial charge is 0.320 e. The molecule has 10 nitrogen and oxygen atoms in total. The van der Waals surface area contributed by atoms with Gasteiger partial charge in [-0.25, -0.2) is 8.78 Å². The van der Waals surface area contributed by atoms with Gasteiger partial charge in [-0.15, -0.1) is 0 Å². The van der Waals surface area contributed by atoms with Crippen LogP contribution in [0.5, 0.6) is 17.2 Å². The Balaban J connectivity index is 0.000000254. The summed E-state index contributed by atoms with van der Waals surface area (Å²) in [4.78, 5) is 44.4. The molecule has 3 aromatic carbocycles. The third kappa shape index (κ3) is 10.6. The van der Waals surface area contributed by atoms with Gasteiger partial charge in [-0.2, -0.15) is 0 Å². The molecule has 2 heterocycles. The van der Waals surface area contributed by atoms with E-state index in [1.807, 2.05) is 36.9 Å². The van der Waals surface area contributed by atoms with E-state index in [2.05, 4.69) is 30.9 Å². The van der Waals surface area contributed by atoms with Gasteiger partial charge in [0.05, 0.1) is 39.9 Å². The Labute approximate surface area is 337 Å². The van der Waals surface area contributed by atoms with Crippen molar-refractivity contribution >= 4 is 17.8 Å². The Kier molecular flexibility index (Phi) is 16.7. The number of carbonyl (C=O) groups excluding carboxylic acids is 3. The van der Waals surface area contributed by atoms with Gasteiger partial charge >= 0.3 is 5.97 Å². The highest BCUT2D eigenvalue weighted by atomic mass is 19.2. The first-order chi connectivity index (χ1) is 27.5. The third-order valence-corrected chi connectivity index (χ3v) is 11.2. The van der Waals surface area contributed by atoms with Crippen LogP contribution < -0.4 is 14.2 Å². The van der Waals surface area contributed by atoms with Gasteiger partial charge in [0.15, 0.2) is 23.1 Å². The number of ether oxygens (including phenoxy) is 4. The average Bonchev–Trinajstić information content (AvgIpc) is 3.66. The van der Waals surface area contributed by atoms with Crippen molar-refractivity contribution in [3.8, 4) is 17.2 Å². The minimum Gasteiger partial charge on any atom is -0.493 e. The van der Waals surface area contributed by atoms with Gasteiger partial charge in [-0.05, 0) is 68.0 Å². The summed E-state index contributed by atoms with van der Waals surface area (Å²) in [6.45, 7) is 12.6. The van der Waals surface area contributed by atoms with Gasteiger partial charge in [0.25, 0.3) is 5.91 Å². The minimum absolute atomic E-state index is 0.171. The van der Waals surface area contributed by atoms with Crippen LogP contribution in [0, 0.1) is 11.6 Å². The van der Waals surface area contributed by atoms with Gasteiger partial charge in [-0.1, -0.05) is 76.4 Å². The summed E-state index contributed by atoms with van der Waals surface area (Å²) >= 11 is 0. The first kappa shape index (κ1) is 45.0. The average molecular weight is 794 g/mol. The number of methoxy groups -OCH3 is 3. The van der Waals surface area contributed by atoms with Crippen LogP contribution in [-0.4, -0.2) is 106 Å². The van der Waals surface area contributed by atoms with Crippen molar-refractivity contribution < 1.29 is 42.1 Å². The molecule has 0 N–H and O–H groups in total. The van der Waals surface area contributed by atoms with E-state index in [0.29, 0.717) is 81.7 Å². The summed E-state index contributed by atoms with van der Waals surface area (Å²) in [6.07, 6.45) is 6.01. The molecule has 2 aliphatic heterocycles. The highest BCUT2D eigenvalue weighted by Crippen LogP contribution is 2.42. The summed E-state index contributed by atoms with van der Waals surface area (Å²) in [5.41, 5.74) is 1.44. The molecule has 57 heavy (non-hydrogen) atoms. The van der Waals surface area contributed by atoms with Crippen molar-refractivity contribution in [1.29, 1.82) is 0 Å². The van der Waals surface area contributed by atoms with Crippen molar-refractivity contribution in [2.45, 2.75) is 83.5 Å². The van der Waals surface area contributed by atoms with Gasteiger partial charge in [0, 0.05) is 50.2 Å². The van der Waals surface area contributed by atoms with Crippen LogP contribution in [0.25, 0.3) is 0 Å². The first-order valence-electron chi connectivity index (χ1n) is 20.2. The van der Waals surface area contributed by atoms with Crippen LogP contribution in [0.15, 0.2) is 60.7 Å². The largest absolute Gasteiger partial charge is 0.493 e. The molecule has 0 aliphatic carbocycles. The van der Waals surface area contributed by atoms with E-state index in [0.717, 1.165) is 55.7 Å². The van der Waals surface area contributed by atoms with Crippen molar-refractivity contribution in [3.63, 3.8) is 0 Å². The number of carbonyl (C=O) groups is 3. The van der Waals surface area contributed by atoms with Crippen LogP contribution in [0.3, 0.4) is 0 Å². The van der Waals surface area contributed by atoms with Crippen LogP contribution in [0.1, 0.15) is 94.1 Å². The molecule has 0 saturated carbocycles. The SMILES string of the molecule is CCCC(CCC)(C(=O)N1CCN(CC(=O)OCC)CC1)c1ccccc1.CCCC1(c2ccc(F)c(F)c2)CCN(C(=O)c2cc(OC)c(OC)c(OC)c2)C1. The summed E-state index contributed by atoms with van der Waals surface area (Å²) in [5, 5.41) is 0. The number of hydrogen-bond donors (Lipinski definition) is 0. The molecule has 2 amide bonds. The predicted octanol–water partition coefficient (Wildman–Crippen LogP) is 7.81. The van der Waals surface area contributed by atoms with Gasteiger partial charge in [0.2, 0.25) is 11.7 Å². The monoisotopic (exact) mass is 793 g/mol. The summed E-state index contributed by atoms with van der Waals surface area (Å²) in [5.74, 6) is -0.623. The van der Waals surface area contributed by atoms with E-state index in [1.54, 1.807) is 23.1 Å².